The van der Waals surface area contributed by atoms with Crippen molar-refractivity contribution >= 4 is 57.7 Å². The number of imidazole rings is 1. The van der Waals surface area contributed by atoms with E-state index < -0.39 is 0 Å². The van der Waals surface area contributed by atoms with E-state index in [-0.39, 0.29) is 11.2 Å². The van der Waals surface area contributed by atoms with Gasteiger partial charge in [0.1, 0.15) is 16.9 Å². The molecule has 6 nitrogen and oxygen atoms in total. The summed E-state index contributed by atoms with van der Waals surface area (Å²) >= 11 is 13.4. The molecule has 9 heteroatoms. The van der Waals surface area contributed by atoms with Crippen molar-refractivity contribution in [3.05, 3.63) is 40.9 Å². The third-order valence-electron chi connectivity index (χ3n) is 3.31. The summed E-state index contributed by atoms with van der Waals surface area (Å²) in [5, 5.41) is 3.87. The van der Waals surface area contributed by atoms with Crippen molar-refractivity contribution in [3.63, 3.8) is 0 Å². The normalized spacial score (nSPS) is 12.3. The van der Waals surface area contributed by atoms with E-state index in [1.54, 1.807) is 24.5 Å². The summed E-state index contributed by atoms with van der Waals surface area (Å²) in [4.78, 5) is 28.0. The Kier molecular flexibility index (Phi) is 5.23. The topological polar surface area (TPSA) is 83.6 Å². The van der Waals surface area contributed by atoms with Crippen molar-refractivity contribution in [2.24, 2.45) is 0 Å². The number of hydrogen-bond acceptors (Lipinski definition) is 5. The maximum atomic E-state index is 12.6. The van der Waals surface area contributed by atoms with Crippen LogP contribution in [0.15, 0.2) is 35.9 Å². The number of hydrogen-bond donors (Lipinski definition) is 2. The second-order valence-electron chi connectivity index (χ2n) is 4.89. The summed E-state index contributed by atoms with van der Waals surface area (Å²) in [5.74, 6) is -0.169. The first-order valence-corrected chi connectivity index (χ1v) is 8.79. The molecule has 3 rings (SSSR count). The van der Waals surface area contributed by atoms with E-state index in [1.807, 2.05) is 6.92 Å². The van der Waals surface area contributed by atoms with Gasteiger partial charge >= 0.3 is 0 Å². The minimum atomic E-state index is -0.346. The average Bonchev–Trinajstić information content (AvgIpc) is 3.06. The molecule has 2 heterocycles. The summed E-state index contributed by atoms with van der Waals surface area (Å²) in [7, 11) is 0. The van der Waals surface area contributed by atoms with Crippen LogP contribution in [-0.2, 0) is 4.79 Å². The van der Waals surface area contributed by atoms with Gasteiger partial charge in [0.25, 0.3) is 0 Å². The highest BCUT2D eigenvalue weighted by molar-refractivity contribution is 8.00. The number of H-pyrrole nitrogens is 1. The number of amides is 1. The molecule has 0 aliphatic rings. The highest BCUT2D eigenvalue weighted by Gasteiger charge is 2.21. The predicted molar refractivity (Wildman–Crippen MR) is 96.7 cm³/mol. The van der Waals surface area contributed by atoms with Gasteiger partial charge in [-0.3, -0.25) is 4.79 Å². The third-order valence-corrected chi connectivity index (χ3v) is 5.50. The van der Waals surface area contributed by atoms with Crippen LogP contribution in [0.2, 0.25) is 10.0 Å². The molecule has 2 N–H and O–H groups in total. The maximum absolute atomic E-state index is 12.6. The van der Waals surface area contributed by atoms with Crippen LogP contribution in [0.1, 0.15) is 13.3 Å². The van der Waals surface area contributed by atoms with Crippen LogP contribution < -0.4 is 5.32 Å². The van der Waals surface area contributed by atoms with Crippen LogP contribution in [0.3, 0.4) is 0 Å². The number of anilines is 1. The van der Waals surface area contributed by atoms with E-state index in [2.05, 4.69) is 25.3 Å². The van der Waals surface area contributed by atoms with Crippen molar-refractivity contribution in [2.75, 3.05) is 5.32 Å². The first-order valence-electron chi connectivity index (χ1n) is 7.15. The molecule has 0 aliphatic heterocycles. The average molecular weight is 382 g/mol. The Morgan fingerprint density at radius 2 is 2.17 bits per heavy atom. The van der Waals surface area contributed by atoms with E-state index in [4.69, 9.17) is 23.2 Å². The molecule has 3 aromatic rings. The van der Waals surface area contributed by atoms with Gasteiger partial charge in [-0.05, 0) is 18.6 Å². The maximum Gasteiger partial charge on any atom is 0.237 e. The van der Waals surface area contributed by atoms with Crippen LogP contribution in [0, 0.1) is 0 Å². The van der Waals surface area contributed by atoms with Crippen molar-refractivity contribution in [1.82, 2.24) is 19.9 Å². The van der Waals surface area contributed by atoms with Gasteiger partial charge in [0.2, 0.25) is 5.91 Å². The summed E-state index contributed by atoms with van der Waals surface area (Å²) in [5.41, 5.74) is 1.78. The second kappa shape index (κ2) is 7.38. The highest BCUT2D eigenvalue weighted by Crippen LogP contribution is 2.32. The Morgan fingerprint density at radius 3 is 2.96 bits per heavy atom. The predicted octanol–water partition coefficient (Wildman–Crippen LogP) is 4.17. The van der Waals surface area contributed by atoms with Crippen LogP contribution in [0.25, 0.3) is 11.2 Å². The lowest BCUT2D eigenvalue weighted by atomic mass is 10.2. The molecule has 0 radical (unpaired) electrons. The van der Waals surface area contributed by atoms with Gasteiger partial charge in [0.05, 0.1) is 27.3 Å². The number of rotatable bonds is 5. The van der Waals surface area contributed by atoms with Gasteiger partial charge < -0.3 is 10.3 Å². The first-order chi connectivity index (χ1) is 11.6. The lowest BCUT2D eigenvalue weighted by Gasteiger charge is -2.15. The molecule has 0 bridgehead atoms. The zero-order valence-electron chi connectivity index (χ0n) is 12.6. The minimum absolute atomic E-state index is 0.169. The Labute approximate surface area is 152 Å². The fraction of sp³-hybridized carbons (Fsp3) is 0.200. The fourth-order valence-electron chi connectivity index (χ4n) is 2.10. The molecule has 1 atom stereocenters. The van der Waals surface area contributed by atoms with Crippen LogP contribution in [0.4, 0.5) is 5.69 Å². The number of benzene rings is 1. The molecular formula is C15H13Cl2N5OS. The van der Waals surface area contributed by atoms with E-state index in [0.717, 1.165) is 5.52 Å². The largest absolute Gasteiger partial charge is 0.341 e. The number of fused-ring (bicyclic) bond motifs is 1. The lowest BCUT2D eigenvalue weighted by molar-refractivity contribution is -0.115. The molecule has 24 heavy (non-hydrogen) atoms. The van der Waals surface area contributed by atoms with Crippen molar-refractivity contribution in [1.29, 1.82) is 0 Å². The molecule has 0 saturated carbocycles. The molecular weight excluding hydrogens is 369 g/mol. The number of carbonyl (C=O) groups is 1. The number of nitrogens with zero attached hydrogens (tertiary/aromatic N) is 3. The molecule has 124 valence electrons. The summed E-state index contributed by atoms with van der Waals surface area (Å²) in [6.45, 7) is 1.93. The molecule has 1 aromatic carbocycles. The zero-order chi connectivity index (χ0) is 17.1. The Balaban J connectivity index is 1.80. The quantitative estimate of drug-likeness (QED) is 0.511. The minimum Gasteiger partial charge on any atom is -0.341 e. The summed E-state index contributed by atoms with van der Waals surface area (Å²) in [6, 6.07) is 5.11. The molecule has 0 saturated heterocycles. The van der Waals surface area contributed by atoms with E-state index in [9.17, 15) is 4.79 Å². The van der Waals surface area contributed by atoms with Crippen LogP contribution >= 0.6 is 35.0 Å². The van der Waals surface area contributed by atoms with Gasteiger partial charge in [-0.2, -0.15) is 0 Å². The van der Waals surface area contributed by atoms with Crippen LogP contribution in [-0.4, -0.2) is 31.1 Å². The standard InChI is InChI=1S/C15H13Cl2N5OS/c1-2-10(14(23)22-9-5-3-4-8(16)11(9)17)24-15-12-13(19-6-18-12)20-7-21-15/h3-7,10H,2H2,1H3,(H,22,23)(H,18,19,20,21)/t10-/m0/s1. The molecule has 0 spiro atoms. The van der Waals surface area contributed by atoms with Gasteiger partial charge in [0, 0.05) is 0 Å². The summed E-state index contributed by atoms with van der Waals surface area (Å²) < 4.78 is 0. The van der Waals surface area contributed by atoms with Gasteiger partial charge in [-0.25, -0.2) is 15.0 Å². The molecule has 1 amide bonds. The number of aromatic nitrogens is 4. The Bertz CT molecular complexity index is 885. The Hall–Kier alpha value is -1.83. The highest BCUT2D eigenvalue weighted by atomic mass is 35.5. The smallest absolute Gasteiger partial charge is 0.237 e. The number of nitrogens with one attached hydrogen (secondary N) is 2. The zero-order valence-corrected chi connectivity index (χ0v) is 14.9. The van der Waals surface area contributed by atoms with Gasteiger partial charge in [0.15, 0.2) is 5.65 Å². The second-order valence-corrected chi connectivity index (χ2v) is 6.86. The summed E-state index contributed by atoms with van der Waals surface area (Å²) in [6.07, 6.45) is 3.61. The molecule has 2 aromatic heterocycles. The third kappa shape index (κ3) is 3.48. The molecule has 0 aliphatic carbocycles. The lowest BCUT2D eigenvalue weighted by Crippen LogP contribution is -2.24. The van der Waals surface area contributed by atoms with Crippen molar-refractivity contribution in [2.45, 2.75) is 23.6 Å². The number of aromatic amines is 1. The molecule has 0 fully saturated rings. The number of carbonyl (C=O) groups excluding carboxylic acids is 1. The van der Waals surface area contributed by atoms with Gasteiger partial charge in [-0.15, -0.1) is 0 Å². The first kappa shape index (κ1) is 17.0. The Morgan fingerprint density at radius 1 is 1.33 bits per heavy atom. The SMILES string of the molecule is CC[C@H](Sc1ncnc2nc[nH]c12)C(=O)Nc1cccc(Cl)c1Cl. The van der Waals surface area contributed by atoms with E-state index in [0.29, 0.717) is 32.8 Å². The number of halogens is 2. The van der Waals surface area contributed by atoms with Gasteiger partial charge in [-0.1, -0.05) is 48.0 Å². The van der Waals surface area contributed by atoms with Crippen LogP contribution in [0.5, 0.6) is 0 Å². The van der Waals surface area contributed by atoms with E-state index >= 15 is 0 Å². The van der Waals surface area contributed by atoms with Crippen molar-refractivity contribution in [3.8, 4) is 0 Å². The molecule has 0 unspecified atom stereocenters. The monoisotopic (exact) mass is 381 g/mol. The van der Waals surface area contributed by atoms with Crippen molar-refractivity contribution < 1.29 is 4.79 Å². The fourth-order valence-corrected chi connectivity index (χ4v) is 3.43. The number of thioether (sulfide) groups is 1. The van der Waals surface area contributed by atoms with E-state index in [1.165, 1.54) is 18.1 Å².